The molecular weight excluding hydrogens is 272 g/mol. The van der Waals surface area contributed by atoms with Crippen LogP contribution in [0.1, 0.15) is 12.0 Å². The standard InChI is InChI=1S/C19H24OSi/c1-4-17-11-13-18(14-12-17)20-15-8-16-21(2,3)19-9-6-5-7-10-19/h4-7,9-14H,1,8,15-16H2,2-3H3. The fourth-order valence-corrected chi connectivity index (χ4v) is 4.85. The van der Waals surface area contributed by atoms with Crippen LogP contribution in [0.15, 0.2) is 61.2 Å². The maximum atomic E-state index is 5.82. The van der Waals surface area contributed by atoms with Crippen molar-refractivity contribution in [1.82, 2.24) is 0 Å². The van der Waals surface area contributed by atoms with Gasteiger partial charge < -0.3 is 4.74 Å². The van der Waals surface area contributed by atoms with E-state index in [1.54, 1.807) is 0 Å². The molecule has 0 fully saturated rings. The molecule has 0 aliphatic rings. The first-order valence-electron chi connectivity index (χ1n) is 7.53. The number of hydrogen-bond acceptors (Lipinski definition) is 1. The fraction of sp³-hybridized carbons (Fsp3) is 0.263. The Hall–Kier alpha value is -1.80. The van der Waals surface area contributed by atoms with Gasteiger partial charge in [-0.2, -0.15) is 0 Å². The molecule has 2 heteroatoms. The van der Waals surface area contributed by atoms with Crippen LogP contribution in [-0.2, 0) is 0 Å². The Morgan fingerprint density at radius 2 is 1.67 bits per heavy atom. The Balaban J connectivity index is 1.80. The molecular formula is C19H24OSi. The Bertz CT molecular complexity index is 558. The molecule has 2 aromatic carbocycles. The van der Waals surface area contributed by atoms with Gasteiger partial charge in [0.05, 0.1) is 14.7 Å². The Morgan fingerprint density at radius 3 is 2.29 bits per heavy atom. The van der Waals surface area contributed by atoms with Gasteiger partial charge in [-0.3, -0.25) is 0 Å². The summed E-state index contributed by atoms with van der Waals surface area (Å²) in [7, 11) is -1.33. The van der Waals surface area contributed by atoms with E-state index in [2.05, 4.69) is 50.0 Å². The molecule has 21 heavy (non-hydrogen) atoms. The maximum absolute atomic E-state index is 5.82. The van der Waals surface area contributed by atoms with Crippen molar-refractivity contribution in [3.8, 4) is 5.75 Å². The molecule has 0 aliphatic heterocycles. The van der Waals surface area contributed by atoms with E-state index in [1.807, 2.05) is 30.3 Å². The summed E-state index contributed by atoms with van der Waals surface area (Å²) in [4.78, 5) is 0. The Morgan fingerprint density at radius 1 is 1.00 bits per heavy atom. The lowest BCUT2D eigenvalue weighted by Crippen LogP contribution is -2.41. The van der Waals surface area contributed by atoms with Crippen LogP contribution in [0.25, 0.3) is 6.08 Å². The quantitative estimate of drug-likeness (QED) is 0.531. The lowest BCUT2D eigenvalue weighted by Gasteiger charge is -2.22. The van der Waals surface area contributed by atoms with Crippen LogP contribution in [0.3, 0.4) is 0 Å². The first-order chi connectivity index (χ1) is 10.1. The van der Waals surface area contributed by atoms with Gasteiger partial charge in [0.15, 0.2) is 0 Å². The smallest absolute Gasteiger partial charge is 0.119 e. The zero-order chi connectivity index (χ0) is 15.1. The third-order valence-corrected chi connectivity index (χ3v) is 7.39. The number of rotatable bonds is 7. The van der Waals surface area contributed by atoms with Gasteiger partial charge >= 0.3 is 0 Å². The molecule has 110 valence electrons. The van der Waals surface area contributed by atoms with Crippen molar-refractivity contribution in [2.24, 2.45) is 0 Å². The Kier molecular flexibility index (Phi) is 5.40. The van der Waals surface area contributed by atoms with Crippen molar-refractivity contribution in [1.29, 1.82) is 0 Å². The number of ether oxygens (including phenoxy) is 1. The molecule has 0 saturated heterocycles. The first-order valence-corrected chi connectivity index (χ1v) is 10.7. The molecule has 0 bridgehead atoms. The van der Waals surface area contributed by atoms with Crippen molar-refractivity contribution in [3.63, 3.8) is 0 Å². The van der Waals surface area contributed by atoms with Crippen LogP contribution >= 0.6 is 0 Å². The molecule has 0 N–H and O–H groups in total. The summed E-state index contributed by atoms with van der Waals surface area (Å²) in [6.45, 7) is 9.41. The fourth-order valence-electron chi connectivity index (χ4n) is 2.44. The lowest BCUT2D eigenvalue weighted by atomic mass is 10.2. The summed E-state index contributed by atoms with van der Waals surface area (Å²) in [6, 6.07) is 20.2. The highest BCUT2D eigenvalue weighted by molar-refractivity contribution is 6.89. The second kappa shape index (κ2) is 7.28. The summed E-state index contributed by atoms with van der Waals surface area (Å²) in [5, 5.41) is 1.53. The van der Waals surface area contributed by atoms with Gasteiger partial charge in [-0.05, 0) is 24.1 Å². The van der Waals surface area contributed by atoms with E-state index in [4.69, 9.17) is 4.74 Å². The van der Waals surface area contributed by atoms with Gasteiger partial charge in [0.2, 0.25) is 0 Å². The highest BCUT2D eigenvalue weighted by atomic mass is 28.3. The molecule has 0 aliphatic carbocycles. The second-order valence-corrected chi connectivity index (χ2v) is 10.8. The van der Waals surface area contributed by atoms with Gasteiger partial charge in [-0.1, -0.05) is 79.4 Å². The van der Waals surface area contributed by atoms with Crippen molar-refractivity contribution in [2.75, 3.05) is 6.61 Å². The lowest BCUT2D eigenvalue weighted by molar-refractivity contribution is 0.317. The van der Waals surface area contributed by atoms with E-state index >= 15 is 0 Å². The highest BCUT2D eigenvalue weighted by Crippen LogP contribution is 2.16. The van der Waals surface area contributed by atoms with E-state index in [-0.39, 0.29) is 0 Å². The topological polar surface area (TPSA) is 9.23 Å². The van der Waals surface area contributed by atoms with Crippen LogP contribution in [0.4, 0.5) is 0 Å². The molecule has 2 aromatic rings. The monoisotopic (exact) mass is 296 g/mol. The summed E-state index contributed by atoms with van der Waals surface area (Å²) in [5.41, 5.74) is 1.12. The molecule has 2 rings (SSSR count). The average molecular weight is 296 g/mol. The van der Waals surface area contributed by atoms with Crippen LogP contribution in [0.2, 0.25) is 19.1 Å². The molecule has 0 aromatic heterocycles. The third kappa shape index (κ3) is 4.61. The molecule has 0 saturated carbocycles. The van der Waals surface area contributed by atoms with Crippen LogP contribution in [0, 0.1) is 0 Å². The van der Waals surface area contributed by atoms with Crippen LogP contribution in [0.5, 0.6) is 5.75 Å². The van der Waals surface area contributed by atoms with Crippen molar-refractivity contribution < 1.29 is 4.74 Å². The van der Waals surface area contributed by atoms with Gasteiger partial charge in [-0.25, -0.2) is 0 Å². The predicted octanol–water partition coefficient (Wildman–Crippen LogP) is 4.71. The SMILES string of the molecule is C=Cc1ccc(OCCC[Si](C)(C)c2ccccc2)cc1. The molecule has 0 spiro atoms. The van der Waals surface area contributed by atoms with E-state index < -0.39 is 8.07 Å². The normalized spacial score (nSPS) is 11.1. The third-order valence-electron chi connectivity index (χ3n) is 3.89. The highest BCUT2D eigenvalue weighted by Gasteiger charge is 2.22. The minimum Gasteiger partial charge on any atom is -0.494 e. The Labute approximate surface area is 129 Å². The van der Waals surface area contributed by atoms with Crippen molar-refractivity contribution >= 4 is 19.3 Å². The average Bonchev–Trinajstić information content (AvgIpc) is 2.53. The van der Waals surface area contributed by atoms with Crippen LogP contribution < -0.4 is 9.92 Å². The van der Waals surface area contributed by atoms with Crippen LogP contribution in [-0.4, -0.2) is 14.7 Å². The van der Waals surface area contributed by atoms with Gasteiger partial charge in [-0.15, -0.1) is 0 Å². The number of hydrogen-bond donors (Lipinski definition) is 0. The molecule has 0 radical (unpaired) electrons. The molecule has 1 nitrogen and oxygen atoms in total. The summed E-state index contributed by atoms with van der Waals surface area (Å²) in [6.07, 6.45) is 2.95. The maximum Gasteiger partial charge on any atom is 0.119 e. The minimum absolute atomic E-state index is 0.788. The zero-order valence-electron chi connectivity index (χ0n) is 13.0. The predicted molar refractivity (Wildman–Crippen MR) is 95.0 cm³/mol. The number of benzene rings is 2. The van der Waals surface area contributed by atoms with Gasteiger partial charge in [0.1, 0.15) is 5.75 Å². The van der Waals surface area contributed by atoms with E-state index in [1.165, 1.54) is 11.2 Å². The van der Waals surface area contributed by atoms with Crippen molar-refractivity contribution in [3.05, 3.63) is 66.7 Å². The molecule has 0 unspecified atom stereocenters. The molecule has 0 heterocycles. The second-order valence-electron chi connectivity index (χ2n) is 5.98. The summed E-state index contributed by atoms with van der Waals surface area (Å²) >= 11 is 0. The van der Waals surface area contributed by atoms with E-state index in [0.29, 0.717) is 0 Å². The summed E-state index contributed by atoms with van der Waals surface area (Å²) in [5.74, 6) is 0.944. The molecule has 0 amide bonds. The largest absolute Gasteiger partial charge is 0.494 e. The first kappa shape index (κ1) is 15.6. The summed E-state index contributed by atoms with van der Waals surface area (Å²) < 4.78 is 5.82. The van der Waals surface area contributed by atoms with E-state index in [9.17, 15) is 0 Å². The van der Waals surface area contributed by atoms with Gasteiger partial charge in [0, 0.05) is 0 Å². The van der Waals surface area contributed by atoms with Crippen molar-refractivity contribution in [2.45, 2.75) is 25.6 Å². The molecule has 0 atom stereocenters. The zero-order valence-corrected chi connectivity index (χ0v) is 14.0. The van der Waals surface area contributed by atoms with E-state index in [0.717, 1.165) is 24.3 Å². The minimum atomic E-state index is -1.33. The van der Waals surface area contributed by atoms with Gasteiger partial charge in [0.25, 0.3) is 0 Å².